The number of aryl methyl sites for hydroxylation is 1. The van der Waals surface area contributed by atoms with Gasteiger partial charge in [-0.05, 0) is 30.2 Å². The molecule has 0 radical (unpaired) electrons. The second kappa shape index (κ2) is 9.77. The number of nitrogens with zero attached hydrogens (tertiary/aromatic N) is 5. The van der Waals surface area contributed by atoms with Crippen molar-refractivity contribution in [3.63, 3.8) is 0 Å². The zero-order valence-electron chi connectivity index (χ0n) is 18.2. The number of piperidine rings is 1. The fraction of sp³-hybridized carbons (Fsp3) is 0.333. The van der Waals surface area contributed by atoms with E-state index in [4.69, 9.17) is 4.74 Å². The fourth-order valence-corrected chi connectivity index (χ4v) is 3.88. The summed E-state index contributed by atoms with van der Waals surface area (Å²) in [5.74, 6) is -1.35. The molecule has 0 spiro atoms. The minimum atomic E-state index is -1.25. The maximum atomic E-state index is 14.3. The smallest absolute Gasteiger partial charge is 0.258 e. The molecule has 7 nitrogen and oxygen atoms in total. The van der Waals surface area contributed by atoms with Gasteiger partial charge in [0.25, 0.3) is 5.56 Å². The van der Waals surface area contributed by atoms with Gasteiger partial charge in [-0.15, -0.1) is 0 Å². The van der Waals surface area contributed by atoms with Crippen molar-refractivity contribution in [3.8, 4) is 17.5 Å². The third-order valence-corrected chi connectivity index (χ3v) is 5.58. The fourth-order valence-electron chi connectivity index (χ4n) is 3.88. The van der Waals surface area contributed by atoms with Crippen molar-refractivity contribution in [3.05, 3.63) is 76.0 Å². The van der Waals surface area contributed by atoms with Gasteiger partial charge in [0.2, 0.25) is 5.95 Å². The monoisotopic (exact) mass is 451 g/mol. The van der Waals surface area contributed by atoms with Crippen molar-refractivity contribution in [2.45, 2.75) is 38.7 Å². The van der Waals surface area contributed by atoms with Crippen molar-refractivity contribution in [1.29, 1.82) is 5.26 Å². The van der Waals surface area contributed by atoms with Crippen LogP contribution >= 0.6 is 0 Å². The summed E-state index contributed by atoms with van der Waals surface area (Å²) in [4.78, 5) is 23.6. The van der Waals surface area contributed by atoms with Gasteiger partial charge in [-0.2, -0.15) is 5.26 Å². The highest BCUT2D eigenvalue weighted by atomic mass is 19.2. The van der Waals surface area contributed by atoms with E-state index in [-0.39, 0.29) is 11.7 Å². The van der Waals surface area contributed by atoms with Gasteiger partial charge in [-0.25, -0.2) is 18.7 Å². The molecule has 0 bridgehead atoms. The number of hydrogen-bond donors (Lipinski definition) is 0. The molecule has 0 atom stereocenters. The first-order valence-corrected chi connectivity index (χ1v) is 10.8. The van der Waals surface area contributed by atoms with Crippen LogP contribution < -0.4 is 15.2 Å². The average Bonchev–Trinajstić information content (AvgIpc) is 2.83. The summed E-state index contributed by atoms with van der Waals surface area (Å²) in [6, 6.07) is 6.50. The van der Waals surface area contributed by atoms with Crippen LogP contribution in [0.25, 0.3) is 5.69 Å². The molecule has 0 saturated carbocycles. The van der Waals surface area contributed by atoms with Crippen LogP contribution in [0.1, 0.15) is 37.3 Å². The summed E-state index contributed by atoms with van der Waals surface area (Å²) in [6.07, 6.45) is 8.37. The Kier molecular flexibility index (Phi) is 6.63. The second-order valence-corrected chi connectivity index (χ2v) is 7.89. The number of nitriles is 1. The van der Waals surface area contributed by atoms with Crippen LogP contribution in [0.4, 0.5) is 14.7 Å². The Bertz CT molecular complexity index is 1230. The molecule has 0 amide bonds. The quantitative estimate of drug-likeness (QED) is 0.567. The van der Waals surface area contributed by atoms with E-state index in [2.05, 4.69) is 21.8 Å². The SMILES string of the molecule is CCCc1cnc(N2CCC(Oc3ccn(-c4c(C#N)ccc(F)c4F)c(=O)c3)CC2)nc1. The molecular weight excluding hydrogens is 428 g/mol. The normalized spacial score (nSPS) is 14.2. The number of benzene rings is 1. The molecule has 3 aromatic rings. The first-order valence-electron chi connectivity index (χ1n) is 10.8. The molecule has 3 heterocycles. The maximum Gasteiger partial charge on any atom is 0.258 e. The van der Waals surface area contributed by atoms with Crippen molar-refractivity contribution >= 4 is 5.95 Å². The lowest BCUT2D eigenvalue weighted by Gasteiger charge is -2.32. The average molecular weight is 451 g/mol. The highest BCUT2D eigenvalue weighted by Gasteiger charge is 2.23. The third-order valence-electron chi connectivity index (χ3n) is 5.58. The molecule has 9 heteroatoms. The Morgan fingerprint density at radius 2 is 1.91 bits per heavy atom. The summed E-state index contributed by atoms with van der Waals surface area (Å²) in [6.45, 7) is 3.55. The lowest BCUT2D eigenvalue weighted by atomic mass is 10.1. The van der Waals surface area contributed by atoms with E-state index in [1.54, 1.807) is 6.07 Å². The number of rotatable bonds is 6. The zero-order chi connectivity index (χ0) is 23.4. The number of anilines is 1. The Balaban J connectivity index is 1.42. The van der Waals surface area contributed by atoms with Crippen molar-refractivity contribution < 1.29 is 13.5 Å². The molecule has 1 aliphatic rings. The van der Waals surface area contributed by atoms with E-state index in [1.807, 2.05) is 12.4 Å². The molecule has 0 N–H and O–H groups in total. The van der Waals surface area contributed by atoms with Gasteiger partial charge in [0, 0.05) is 50.6 Å². The van der Waals surface area contributed by atoms with Crippen molar-refractivity contribution in [2.24, 2.45) is 0 Å². The van der Waals surface area contributed by atoms with Gasteiger partial charge < -0.3 is 9.64 Å². The minimum absolute atomic E-state index is 0.101. The molecule has 33 heavy (non-hydrogen) atoms. The molecule has 4 rings (SSSR count). The van der Waals surface area contributed by atoms with Crippen LogP contribution in [0.15, 0.2) is 47.7 Å². The van der Waals surface area contributed by atoms with Gasteiger partial charge in [-0.1, -0.05) is 13.3 Å². The molecule has 0 unspecified atom stereocenters. The number of hydrogen-bond acceptors (Lipinski definition) is 6. The van der Waals surface area contributed by atoms with E-state index in [0.717, 1.165) is 61.0 Å². The van der Waals surface area contributed by atoms with E-state index in [9.17, 15) is 18.8 Å². The van der Waals surface area contributed by atoms with Crippen molar-refractivity contribution in [1.82, 2.24) is 14.5 Å². The third kappa shape index (κ3) is 4.85. The Labute approximate surface area is 189 Å². The lowest BCUT2D eigenvalue weighted by molar-refractivity contribution is 0.170. The van der Waals surface area contributed by atoms with Crippen LogP contribution in [-0.4, -0.2) is 33.7 Å². The highest BCUT2D eigenvalue weighted by Crippen LogP contribution is 2.23. The number of aromatic nitrogens is 3. The van der Waals surface area contributed by atoms with Crippen LogP contribution in [0.2, 0.25) is 0 Å². The van der Waals surface area contributed by atoms with Gasteiger partial charge >= 0.3 is 0 Å². The summed E-state index contributed by atoms with van der Waals surface area (Å²) >= 11 is 0. The van der Waals surface area contributed by atoms with Gasteiger partial charge in [0.05, 0.1) is 5.56 Å². The first kappa shape index (κ1) is 22.4. The topological polar surface area (TPSA) is 84.0 Å². The molecule has 2 aromatic heterocycles. The van der Waals surface area contributed by atoms with E-state index in [1.165, 1.54) is 18.3 Å². The molecule has 0 aliphatic carbocycles. The van der Waals surface area contributed by atoms with E-state index in [0.29, 0.717) is 11.7 Å². The molecule has 1 aromatic carbocycles. The van der Waals surface area contributed by atoms with Gasteiger partial charge in [0.1, 0.15) is 23.6 Å². The van der Waals surface area contributed by atoms with Crippen LogP contribution in [0, 0.1) is 23.0 Å². The Morgan fingerprint density at radius 1 is 1.18 bits per heavy atom. The summed E-state index contributed by atoms with van der Waals surface area (Å²) in [7, 11) is 0. The molecular formula is C24H23F2N5O2. The summed E-state index contributed by atoms with van der Waals surface area (Å²) in [5.41, 5.74) is -0.0463. The molecule has 1 fully saturated rings. The zero-order valence-corrected chi connectivity index (χ0v) is 18.2. The number of halogens is 2. The number of pyridine rings is 1. The highest BCUT2D eigenvalue weighted by molar-refractivity contribution is 5.50. The Morgan fingerprint density at radius 3 is 2.55 bits per heavy atom. The van der Waals surface area contributed by atoms with Crippen LogP contribution in [0.5, 0.6) is 5.75 Å². The largest absolute Gasteiger partial charge is 0.490 e. The van der Waals surface area contributed by atoms with Crippen LogP contribution in [0.3, 0.4) is 0 Å². The molecule has 170 valence electrons. The van der Waals surface area contributed by atoms with E-state index >= 15 is 0 Å². The number of ether oxygens (including phenoxy) is 1. The maximum absolute atomic E-state index is 14.3. The molecule has 1 saturated heterocycles. The predicted molar refractivity (Wildman–Crippen MR) is 119 cm³/mol. The van der Waals surface area contributed by atoms with Gasteiger partial charge in [0.15, 0.2) is 11.6 Å². The summed E-state index contributed by atoms with van der Waals surface area (Å²) in [5, 5.41) is 9.21. The molecule has 1 aliphatic heterocycles. The van der Waals surface area contributed by atoms with Crippen LogP contribution in [-0.2, 0) is 6.42 Å². The second-order valence-electron chi connectivity index (χ2n) is 7.89. The lowest BCUT2D eigenvalue weighted by Crippen LogP contribution is -2.39. The van der Waals surface area contributed by atoms with Crippen molar-refractivity contribution in [2.75, 3.05) is 18.0 Å². The minimum Gasteiger partial charge on any atom is -0.490 e. The first-order chi connectivity index (χ1) is 16.0. The Hall–Kier alpha value is -3.80. The predicted octanol–water partition coefficient (Wildman–Crippen LogP) is 3.78. The summed E-state index contributed by atoms with van der Waals surface area (Å²) < 4.78 is 34.8. The van der Waals surface area contributed by atoms with E-state index < -0.39 is 22.9 Å². The standard InChI is InChI=1S/C24H23F2N5O2/c1-2-3-16-14-28-24(29-15-16)30-9-6-18(7-10-30)33-19-8-11-31(21(32)12-19)23-17(13-27)4-5-20(25)22(23)26/h4-5,8,11-12,14-15,18H,2-3,6-7,9-10H2,1H3. The van der Waals surface area contributed by atoms with Gasteiger partial charge in [-0.3, -0.25) is 9.36 Å².